The molecule has 5 heteroatoms. The third-order valence-corrected chi connectivity index (χ3v) is 5.39. The SMILES string of the molecule is CN(Cc1ccccc1N1CCCC1)C(=O)CCc1ccc(Br)cc1F. The summed E-state index contributed by atoms with van der Waals surface area (Å²) < 4.78 is 14.6. The zero-order valence-corrected chi connectivity index (χ0v) is 16.6. The quantitative estimate of drug-likeness (QED) is 0.673. The minimum atomic E-state index is -0.269. The molecule has 1 heterocycles. The molecule has 0 aromatic heterocycles. The molecule has 138 valence electrons. The van der Waals surface area contributed by atoms with Crippen molar-refractivity contribution in [3.8, 4) is 0 Å². The molecule has 0 N–H and O–H groups in total. The lowest BCUT2D eigenvalue weighted by atomic mass is 10.1. The zero-order valence-electron chi connectivity index (χ0n) is 15.0. The van der Waals surface area contributed by atoms with Crippen LogP contribution in [-0.2, 0) is 17.8 Å². The number of hydrogen-bond acceptors (Lipinski definition) is 2. The van der Waals surface area contributed by atoms with Gasteiger partial charge in [0.25, 0.3) is 0 Å². The molecule has 0 bridgehead atoms. The van der Waals surface area contributed by atoms with E-state index < -0.39 is 0 Å². The van der Waals surface area contributed by atoms with Crippen molar-refractivity contribution in [3.63, 3.8) is 0 Å². The fourth-order valence-electron chi connectivity index (χ4n) is 3.41. The Hall–Kier alpha value is -1.88. The third kappa shape index (κ3) is 4.64. The van der Waals surface area contributed by atoms with Crippen molar-refractivity contribution >= 4 is 27.5 Å². The minimum Gasteiger partial charge on any atom is -0.371 e. The van der Waals surface area contributed by atoms with Crippen molar-refractivity contribution in [3.05, 3.63) is 63.9 Å². The lowest BCUT2D eigenvalue weighted by molar-refractivity contribution is -0.130. The van der Waals surface area contributed by atoms with Crippen LogP contribution in [0.3, 0.4) is 0 Å². The molecule has 1 saturated heterocycles. The molecule has 0 radical (unpaired) electrons. The maximum absolute atomic E-state index is 13.9. The highest BCUT2D eigenvalue weighted by Crippen LogP contribution is 2.25. The number of benzene rings is 2. The Kier molecular flexibility index (Phi) is 6.30. The monoisotopic (exact) mass is 418 g/mol. The van der Waals surface area contributed by atoms with Crippen molar-refractivity contribution in [2.24, 2.45) is 0 Å². The first-order valence-electron chi connectivity index (χ1n) is 9.05. The van der Waals surface area contributed by atoms with Gasteiger partial charge in [0.2, 0.25) is 5.91 Å². The molecule has 0 atom stereocenters. The first kappa shape index (κ1) is 18.9. The first-order chi connectivity index (χ1) is 12.5. The topological polar surface area (TPSA) is 23.6 Å². The maximum atomic E-state index is 13.9. The lowest BCUT2D eigenvalue weighted by Crippen LogP contribution is -2.28. The van der Waals surface area contributed by atoms with Crippen LogP contribution in [0.1, 0.15) is 30.4 Å². The Morgan fingerprint density at radius 1 is 1.15 bits per heavy atom. The van der Waals surface area contributed by atoms with E-state index in [1.54, 1.807) is 17.0 Å². The van der Waals surface area contributed by atoms with Gasteiger partial charge in [-0.3, -0.25) is 4.79 Å². The van der Waals surface area contributed by atoms with Crippen LogP contribution in [-0.4, -0.2) is 30.9 Å². The van der Waals surface area contributed by atoms with Crippen molar-refractivity contribution in [1.82, 2.24) is 4.90 Å². The smallest absolute Gasteiger partial charge is 0.222 e. The minimum absolute atomic E-state index is 0.0311. The molecule has 0 unspecified atom stereocenters. The number of aryl methyl sites for hydroxylation is 1. The van der Waals surface area contributed by atoms with E-state index in [1.807, 2.05) is 13.1 Å². The van der Waals surface area contributed by atoms with Crippen LogP contribution >= 0.6 is 15.9 Å². The van der Waals surface area contributed by atoms with Gasteiger partial charge in [0.1, 0.15) is 5.82 Å². The Labute approximate surface area is 162 Å². The molecule has 1 amide bonds. The summed E-state index contributed by atoms with van der Waals surface area (Å²) in [4.78, 5) is 16.6. The Morgan fingerprint density at radius 3 is 2.62 bits per heavy atom. The molecular weight excluding hydrogens is 395 g/mol. The summed E-state index contributed by atoms with van der Waals surface area (Å²) in [5.74, 6) is -0.238. The number of amides is 1. The van der Waals surface area contributed by atoms with Crippen molar-refractivity contribution in [2.45, 2.75) is 32.2 Å². The molecule has 0 saturated carbocycles. The summed E-state index contributed by atoms with van der Waals surface area (Å²) in [5, 5.41) is 0. The fraction of sp³-hybridized carbons (Fsp3) is 0.381. The van der Waals surface area contributed by atoms with E-state index in [1.165, 1.54) is 30.2 Å². The van der Waals surface area contributed by atoms with E-state index in [0.717, 1.165) is 13.1 Å². The number of anilines is 1. The van der Waals surface area contributed by atoms with Crippen LogP contribution in [0.25, 0.3) is 0 Å². The second-order valence-corrected chi connectivity index (χ2v) is 7.72. The summed E-state index contributed by atoms with van der Waals surface area (Å²) in [6.45, 7) is 2.74. The van der Waals surface area contributed by atoms with Crippen LogP contribution in [0.2, 0.25) is 0 Å². The second kappa shape index (κ2) is 8.67. The molecule has 1 aliphatic rings. The van der Waals surface area contributed by atoms with Gasteiger partial charge >= 0.3 is 0 Å². The van der Waals surface area contributed by atoms with Crippen LogP contribution in [0, 0.1) is 5.82 Å². The molecule has 2 aromatic carbocycles. The largest absolute Gasteiger partial charge is 0.371 e. The molecule has 3 nitrogen and oxygen atoms in total. The highest BCUT2D eigenvalue weighted by molar-refractivity contribution is 9.10. The standard InChI is InChI=1S/C21H24BrFN2O/c1-24(21(26)11-9-16-8-10-18(22)14-19(16)23)15-17-6-2-3-7-20(17)25-12-4-5-13-25/h2-3,6-8,10,14H,4-5,9,11-13,15H2,1H3. The summed E-state index contributed by atoms with van der Waals surface area (Å²) in [6.07, 6.45) is 3.17. The van der Waals surface area contributed by atoms with Crippen LogP contribution in [0.15, 0.2) is 46.9 Å². The molecule has 0 aliphatic carbocycles. The molecule has 26 heavy (non-hydrogen) atoms. The average molecular weight is 419 g/mol. The van der Waals surface area contributed by atoms with E-state index >= 15 is 0 Å². The summed E-state index contributed by atoms with van der Waals surface area (Å²) in [6, 6.07) is 13.3. The third-order valence-electron chi connectivity index (χ3n) is 4.89. The summed E-state index contributed by atoms with van der Waals surface area (Å²) in [5.41, 5.74) is 2.97. The Morgan fingerprint density at radius 2 is 1.88 bits per heavy atom. The number of para-hydroxylation sites is 1. The van der Waals surface area contributed by atoms with Crippen molar-refractivity contribution in [2.75, 3.05) is 25.0 Å². The van der Waals surface area contributed by atoms with Crippen LogP contribution in [0.5, 0.6) is 0 Å². The van der Waals surface area contributed by atoms with Crippen LogP contribution < -0.4 is 4.90 Å². The molecule has 1 aliphatic heterocycles. The Bertz CT molecular complexity index is 774. The van der Waals surface area contributed by atoms with E-state index in [4.69, 9.17) is 0 Å². The molecule has 1 fully saturated rings. The molecule has 0 spiro atoms. The average Bonchev–Trinajstić information content (AvgIpc) is 3.15. The van der Waals surface area contributed by atoms with Crippen molar-refractivity contribution in [1.29, 1.82) is 0 Å². The second-order valence-electron chi connectivity index (χ2n) is 6.81. The predicted octanol–water partition coefficient (Wildman–Crippen LogP) is 4.78. The molecular formula is C21H24BrFN2O. The first-order valence-corrected chi connectivity index (χ1v) is 9.84. The summed E-state index contributed by atoms with van der Waals surface area (Å²) >= 11 is 3.25. The van der Waals surface area contributed by atoms with Gasteiger partial charge in [-0.25, -0.2) is 4.39 Å². The highest BCUT2D eigenvalue weighted by atomic mass is 79.9. The van der Waals surface area contributed by atoms with Gasteiger partial charge < -0.3 is 9.80 Å². The van der Waals surface area contributed by atoms with E-state index in [-0.39, 0.29) is 11.7 Å². The number of rotatable bonds is 6. The van der Waals surface area contributed by atoms with Gasteiger partial charge in [-0.1, -0.05) is 40.2 Å². The van der Waals surface area contributed by atoms with Gasteiger partial charge in [-0.2, -0.15) is 0 Å². The maximum Gasteiger partial charge on any atom is 0.222 e. The summed E-state index contributed by atoms with van der Waals surface area (Å²) in [7, 11) is 1.82. The van der Waals surface area contributed by atoms with E-state index in [2.05, 4.69) is 39.0 Å². The fourth-order valence-corrected chi connectivity index (χ4v) is 3.74. The van der Waals surface area contributed by atoms with Gasteiger partial charge in [-0.15, -0.1) is 0 Å². The highest BCUT2D eigenvalue weighted by Gasteiger charge is 2.18. The van der Waals surface area contributed by atoms with Gasteiger partial charge in [0, 0.05) is 43.3 Å². The Balaban J connectivity index is 1.61. The van der Waals surface area contributed by atoms with Gasteiger partial charge in [-0.05, 0) is 48.6 Å². The molecule has 3 rings (SSSR count). The van der Waals surface area contributed by atoms with Crippen LogP contribution in [0.4, 0.5) is 10.1 Å². The number of carbonyl (C=O) groups excluding carboxylic acids is 1. The number of carbonyl (C=O) groups is 1. The zero-order chi connectivity index (χ0) is 18.5. The van der Waals surface area contributed by atoms with E-state index in [0.29, 0.717) is 29.4 Å². The van der Waals surface area contributed by atoms with Gasteiger partial charge in [0.05, 0.1) is 0 Å². The molecule has 2 aromatic rings. The number of halogens is 2. The number of hydrogen-bond donors (Lipinski definition) is 0. The van der Waals surface area contributed by atoms with Gasteiger partial charge in [0.15, 0.2) is 0 Å². The lowest BCUT2D eigenvalue weighted by Gasteiger charge is -2.24. The predicted molar refractivity (Wildman–Crippen MR) is 107 cm³/mol. The normalized spacial score (nSPS) is 13.9. The number of nitrogens with zero attached hydrogens (tertiary/aromatic N) is 2. The van der Waals surface area contributed by atoms with Crippen molar-refractivity contribution < 1.29 is 9.18 Å². The van der Waals surface area contributed by atoms with E-state index in [9.17, 15) is 9.18 Å².